The lowest BCUT2D eigenvalue weighted by Crippen LogP contribution is -3.00. The Balaban J connectivity index is -0.000000354. The molecule has 0 aliphatic rings. The minimum Gasteiger partial charge on any atom is -1.00 e. The van der Waals surface area contributed by atoms with Crippen LogP contribution in [0, 0.1) is 0 Å². The normalized spacial score (nSPS) is 9.92. The van der Waals surface area contributed by atoms with Gasteiger partial charge >= 0.3 is 0 Å². The molecule has 0 saturated heterocycles. The van der Waals surface area contributed by atoms with E-state index in [2.05, 4.69) is 84.4 Å². The Labute approximate surface area is 177 Å². The summed E-state index contributed by atoms with van der Waals surface area (Å²) in [4.78, 5) is 10.1. The van der Waals surface area contributed by atoms with E-state index in [0.717, 1.165) is 50.0 Å². The summed E-state index contributed by atoms with van der Waals surface area (Å²) in [5, 5.41) is 4.76. The van der Waals surface area contributed by atoms with Crippen molar-refractivity contribution >= 4 is 34.8 Å². The van der Waals surface area contributed by atoms with Gasteiger partial charge in [-0.2, -0.15) is 0 Å². The fourth-order valence-corrected chi connectivity index (χ4v) is 2.26. The van der Waals surface area contributed by atoms with Crippen molar-refractivity contribution in [2.75, 3.05) is 59.4 Å². The van der Waals surface area contributed by atoms with E-state index in [1.165, 1.54) is 19.6 Å². The second kappa shape index (κ2) is 21.3. The fraction of sp³-hybridized carbons (Fsp3) is 0.882. The third-order valence-electron chi connectivity index (χ3n) is 4.26. The molecule has 0 aliphatic carbocycles. The Hall–Kier alpha value is 0.250. The molecule has 0 aromatic rings. The van der Waals surface area contributed by atoms with Gasteiger partial charge in [0, 0.05) is 6.42 Å². The second-order valence-electron chi connectivity index (χ2n) is 5.66. The molecule has 0 saturated carbocycles. The van der Waals surface area contributed by atoms with Gasteiger partial charge in [0.1, 0.15) is 0 Å². The van der Waals surface area contributed by atoms with Crippen LogP contribution in [0.15, 0.2) is 9.98 Å². The van der Waals surface area contributed by atoms with Crippen LogP contribution in [0.5, 0.6) is 0 Å². The molecule has 0 atom stereocenters. The molecule has 24 heavy (non-hydrogen) atoms. The summed E-state index contributed by atoms with van der Waals surface area (Å²) in [5.74, 6) is 0. The molecule has 0 aromatic carbocycles. The number of isothiocyanates is 2. The van der Waals surface area contributed by atoms with Crippen LogP contribution in [0.1, 0.15) is 40.5 Å². The van der Waals surface area contributed by atoms with E-state index in [9.17, 15) is 0 Å². The van der Waals surface area contributed by atoms with E-state index in [1.54, 1.807) is 0 Å². The monoisotopic (exact) mass is 486 g/mol. The second-order valence-corrected chi connectivity index (χ2v) is 6.02. The lowest BCUT2D eigenvalue weighted by molar-refractivity contribution is -0.906. The lowest BCUT2D eigenvalue weighted by Gasteiger charge is -2.31. The van der Waals surface area contributed by atoms with Crippen LogP contribution in [0.2, 0.25) is 0 Å². The van der Waals surface area contributed by atoms with E-state index in [4.69, 9.17) is 0 Å². The van der Waals surface area contributed by atoms with Gasteiger partial charge in [0.25, 0.3) is 0 Å². The van der Waals surface area contributed by atoms with Gasteiger partial charge in [-0.1, -0.05) is 13.8 Å². The van der Waals surface area contributed by atoms with E-state index < -0.39 is 0 Å². The highest BCUT2D eigenvalue weighted by Crippen LogP contribution is 2.02. The summed E-state index contributed by atoms with van der Waals surface area (Å²) in [6, 6.07) is 0. The van der Waals surface area contributed by atoms with Crippen molar-refractivity contribution < 1.29 is 28.5 Å². The molecule has 7 heteroatoms. The number of nitrogens with zero attached hydrogens (tertiary/aromatic N) is 4. The van der Waals surface area contributed by atoms with Gasteiger partial charge in [-0.25, -0.2) is 9.98 Å². The van der Waals surface area contributed by atoms with E-state index in [1.807, 2.05) is 0 Å². The van der Waals surface area contributed by atoms with Crippen molar-refractivity contribution in [1.82, 2.24) is 4.90 Å². The fourth-order valence-electron chi connectivity index (χ4n) is 2.08. The third-order valence-corrected chi connectivity index (χ3v) is 4.52. The van der Waals surface area contributed by atoms with Crippen LogP contribution in [-0.2, 0) is 0 Å². The highest BCUT2D eigenvalue weighted by Gasteiger charge is 2.14. The number of hydrogen-bond donors (Lipinski definition) is 0. The molecule has 0 aliphatic heterocycles. The maximum Gasteiger partial charge on any atom is 0.0802 e. The Bertz CT molecular complexity index is 360. The van der Waals surface area contributed by atoms with Crippen molar-refractivity contribution in [3.8, 4) is 0 Å². The van der Waals surface area contributed by atoms with Crippen molar-refractivity contribution in [3.63, 3.8) is 0 Å². The topological polar surface area (TPSA) is 28.0 Å². The van der Waals surface area contributed by atoms with Crippen molar-refractivity contribution in [2.45, 2.75) is 40.5 Å². The van der Waals surface area contributed by atoms with Gasteiger partial charge in [0.15, 0.2) is 0 Å². The molecule has 0 rings (SSSR count). The number of quaternary nitrogens is 1. The Morgan fingerprint density at radius 2 is 1.33 bits per heavy atom. The number of rotatable bonds is 12. The zero-order valence-electron chi connectivity index (χ0n) is 16.1. The first-order valence-electron chi connectivity index (χ1n) is 8.66. The standard InChI is InChI=1S/C9H19N2S.C8H16N2S.HI/c1-4-11(3,5-2)8-6-7-10-9-12;1-3-10(4-2)7-5-6-9-8-11;/h4-8H2,1-3H3;3-7H2,1-2H3;1H/q+1;;/p-1. The summed E-state index contributed by atoms with van der Waals surface area (Å²) in [6.07, 6.45) is 2.20. The molecular formula is C17H35IN4S2. The molecular weight excluding hydrogens is 451 g/mol. The molecule has 0 spiro atoms. The predicted molar refractivity (Wildman–Crippen MR) is 109 cm³/mol. The minimum absolute atomic E-state index is 0. The summed E-state index contributed by atoms with van der Waals surface area (Å²) < 4.78 is 1.13. The average Bonchev–Trinajstić information content (AvgIpc) is 2.59. The maximum atomic E-state index is 4.49. The highest BCUT2D eigenvalue weighted by atomic mass is 127. The number of halogens is 1. The molecule has 0 aromatic heterocycles. The quantitative estimate of drug-likeness (QED) is 0.134. The zero-order chi connectivity index (χ0) is 18.0. The Morgan fingerprint density at radius 1 is 0.875 bits per heavy atom. The summed E-state index contributed by atoms with van der Waals surface area (Å²) in [6.45, 7) is 17.4. The van der Waals surface area contributed by atoms with Crippen LogP contribution in [0.25, 0.3) is 0 Å². The van der Waals surface area contributed by atoms with E-state index in [0.29, 0.717) is 0 Å². The molecule has 0 fully saturated rings. The molecule has 0 N–H and O–H groups in total. The minimum atomic E-state index is 0. The Kier molecular flexibility index (Phi) is 25.8. The largest absolute Gasteiger partial charge is 1.00 e. The SMILES string of the molecule is CCN(CC)CCCN=C=S.CC[N+](C)(CC)CCCN=C=S.[I-]. The molecule has 0 amide bonds. The van der Waals surface area contributed by atoms with E-state index >= 15 is 0 Å². The van der Waals surface area contributed by atoms with Gasteiger partial charge in [0.05, 0.1) is 50.1 Å². The maximum absolute atomic E-state index is 4.49. The van der Waals surface area contributed by atoms with Gasteiger partial charge in [0.2, 0.25) is 0 Å². The molecule has 0 bridgehead atoms. The number of aliphatic imine (C=N–C) groups is 2. The van der Waals surface area contributed by atoms with Gasteiger partial charge < -0.3 is 33.4 Å². The first-order valence-corrected chi connectivity index (χ1v) is 9.48. The van der Waals surface area contributed by atoms with E-state index in [-0.39, 0.29) is 24.0 Å². The molecule has 0 heterocycles. The molecule has 0 unspecified atom stereocenters. The van der Waals surface area contributed by atoms with Gasteiger partial charge in [-0.15, -0.1) is 0 Å². The highest BCUT2D eigenvalue weighted by molar-refractivity contribution is 7.78. The van der Waals surface area contributed by atoms with Crippen LogP contribution in [-0.4, -0.2) is 79.1 Å². The third kappa shape index (κ3) is 18.6. The van der Waals surface area contributed by atoms with Gasteiger partial charge in [-0.3, -0.25) is 0 Å². The number of hydrogen-bond acceptors (Lipinski definition) is 5. The van der Waals surface area contributed by atoms with Crippen LogP contribution in [0.4, 0.5) is 0 Å². The van der Waals surface area contributed by atoms with Crippen LogP contribution >= 0.6 is 24.4 Å². The zero-order valence-corrected chi connectivity index (χ0v) is 19.8. The smallest absolute Gasteiger partial charge is 0.0802 e. The average molecular weight is 487 g/mol. The Morgan fingerprint density at radius 3 is 1.71 bits per heavy atom. The van der Waals surface area contributed by atoms with Crippen LogP contribution in [0.3, 0.4) is 0 Å². The summed E-state index contributed by atoms with van der Waals surface area (Å²) >= 11 is 8.95. The van der Waals surface area contributed by atoms with Crippen LogP contribution < -0.4 is 24.0 Å². The molecule has 4 nitrogen and oxygen atoms in total. The first-order chi connectivity index (χ1) is 11.0. The first kappa shape index (κ1) is 29.0. The lowest BCUT2D eigenvalue weighted by atomic mass is 10.3. The van der Waals surface area contributed by atoms with Gasteiger partial charge in [-0.05, 0) is 64.3 Å². The summed E-state index contributed by atoms with van der Waals surface area (Å²) in [7, 11) is 2.28. The predicted octanol–water partition coefficient (Wildman–Crippen LogP) is 0.791. The van der Waals surface area contributed by atoms with Crippen molar-refractivity contribution in [1.29, 1.82) is 0 Å². The summed E-state index contributed by atoms with van der Waals surface area (Å²) in [5.41, 5.74) is 0. The number of thiocarbonyl (C=S) groups is 2. The van der Waals surface area contributed by atoms with Crippen molar-refractivity contribution in [2.24, 2.45) is 9.98 Å². The van der Waals surface area contributed by atoms with Crippen molar-refractivity contribution in [3.05, 3.63) is 0 Å². The molecule has 0 radical (unpaired) electrons. The molecule has 142 valence electrons.